The molecule has 2 heterocycles. The van der Waals surface area contributed by atoms with E-state index in [1.165, 1.54) is 43.1 Å². The number of fused-ring (bicyclic) bond motifs is 1. The lowest BCUT2D eigenvalue weighted by atomic mass is 10.2. The van der Waals surface area contributed by atoms with Crippen LogP contribution in [-0.4, -0.2) is 51.4 Å². The molecule has 2 aromatic carbocycles. The maximum Gasteiger partial charge on any atom is 0.341 e. The van der Waals surface area contributed by atoms with Crippen molar-refractivity contribution in [3.05, 3.63) is 63.0 Å². The number of hydrogen-bond donors (Lipinski definition) is 2. The Morgan fingerprint density at radius 3 is 2.57 bits per heavy atom. The van der Waals surface area contributed by atoms with Gasteiger partial charge in [0.1, 0.15) is 29.5 Å². The third-order valence-electron chi connectivity index (χ3n) is 5.33. The standard InChI is InChI=1S/C24H22ClFN4O7/c1-4-19-27-22-21(23(28-19)35-3)29-24(33)30(22)15-9-18(17(8-13(15)25)37-11-20(31)32)36-10-12-14(26)6-5-7-16(12)34-2/h5-9H,4,10-11H2,1-3H3,(H,29,33)(H,31,32). The fraction of sp³-hybridized carbons (Fsp3) is 0.250. The SMILES string of the molecule is CCc1nc(OC)c2[nH]c(=O)n(-c3cc(OCc4c(F)cccc4OC)c(OCC(=O)O)cc3Cl)c2n1. The second-order valence-corrected chi connectivity index (χ2v) is 8.02. The molecular weight excluding hydrogens is 511 g/mol. The number of carboxylic acids is 1. The number of hydrogen-bond acceptors (Lipinski definition) is 8. The summed E-state index contributed by atoms with van der Waals surface area (Å²) in [6.07, 6.45) is 0.472. The van der Waals surface area contributed by atoms with Crippen molar-refractivity contribution < 1.29 is 33.2 Å². The molecule has 0 aliphatic rings. The zero-order chi connectivity index (χ0) is 26.7. The maximum absolute atomic E-state index is 14.5. The molecule has 194 valence electrons. The quantitative estimate of drug-likeness (QED) is 0.314. The molecule has 0 atom stereocenters. The Morgan fingerprint density at radius 2 is 1.89 bits per heavy atom. The number of aromatic amines is 1. The normalized spacial score (nSPS) is 10.9. The summed E-state index contributed by atoms with van der Waals surface area (Å²) >= 11 is 6.51. The topological polar surface area (TPSA) is 138 Å². The van der Waals surface area contributed by atoms with Crippen LogP contribution in [0, 0.1) is 5.82 Å². The van der Waals surface area contributed by atoms with Crippen LogP contribution >= 0.6 is 11.6 Å². The number of halogens is 2. The van der Waals surface area contributed by atoms with E-state index in [9.17, 15) is 14.0 Å². The number of benzene rings is 2. The second-order valence-electron chi connectivity index (χ2n) is 7.61. The third kappa shape index (κ3) is 5.14. The summed E-state index contributed by atoms with van der Waals surface area (Å²) in [5.74, 6) is -0.956. The Balaban J connectivity index is 1.86. The Morgan fingerprint density at radius 1 is 1.14 bits per heavy atom. The number of rotatable bonds is 10. The summed E-state index contributed by atoms with van der Waals surface area (Å²) in [5, 5.41) is 9.10. The Bertz CT molecular complexity index is 1540. The molecule has 11 nitrogen and oxygen atoms in total. The molecule has 0 aliphatic carbocycles. The first-order valence-corrected chi connectivity index (χ1v) is 11.3. The van der Waals surface area contributed by atoms with E-state index < -0.39 is 24.1 Å². The molecule has 0 bridgehead atoms. The van der Waals surface area contributed by atoms with Gasteiger partial charge in [-0.3, -0.25) is 4.98 Å². The molecule has 4 aromatic rings. The largest absolute Gasteiger partial charge is 0.496 e. The first-order chi connectivity index (χ1) is 17.8. The molecule has 0 unspecified atom stereocenters. The molecule has 0 spiro atoms. The van der Waals surface area contributed by atoms with Crippen molar-refractivity contribution in [1.29, 1.82) is 0 Å². The Hall–Kier alpha value is -4.32. The lowest BCUT2D eigenvalue weighted by Crippen LogP contribution is -2.16. The van der Waals surface area contributed by atoms with E-state index in [4.69, 9.17) is 35.7 Å². The number of aryl methyl sites for hydroxylation is 1. The number of carbonyl (C=O) groups is 1. The van der Waals surface area contributed by atoms with Gasteiger partial charge in [0.15, 0.2) is 23.8 Å². The summed E-state index contributed by atoms with van der Waals surface area (Å²) in [4.78, 5) is 35.5. The van der Waals surface area contributed by atoms with Gasteiger partial charge in [0.05, 0.1) is 30.5 Å². The minimum atomic E-state index is -1.23. The minimum Gasteiger partial charge on any atom is -0.496 e. The highest BCUT2D eigenvalue weighted by Crippen LogP contribution is 2.37. The maximum atomic E-state index is 14.5. The molecule has 0 radical (unpaired) electrons. The van der Waals surface area contributed by atoms with Crippen molar-refractivity contribution in [2.45, 2.75) is 20.0 Å². The van der Waals surface area contributed by atoms with E-state index in [0.717, 1.165) is 0 Å². The molecule has 0 saturated heterocycles. The molecular formula is C24H22ClFN4O7. The number of nitrogens with one attached hydrogen (secondary N) is 1. The molecule has 0 fully saturated rings. The van der Waals surface area contributed by atoms with Crippen LogP contribution in [0.5, 0.6) is 23.1 Å². The number of nitrogens with zero attached hydrogens (tertiary/aromatic N) is 3. The van der Waals surface area contributed by atoms with Crippen LogP contribution in [-0.2, 0) is 17.8 Å². The first-order valence-electron chi connectivity index (χ1n) is 11.0. The fourth-order valence-corrected chi connectivity index (χ4v) is 3.85. The second kappa shape index (κ2) is 10.7. The number of aliphatic carboxylic acids is 1. The smallest absolute Gasteiger partial charge is 0.341 e. The van der Waals surface area contributed by atoms with E-state index in [-0.39, 0.29) is 57.2 Å². The predicted molar refractivity (Wildman–Crippen MR) is 131 cm³/mol. The molecule has 0 amide bonds. The van der Waals surface area contributed by atoms with Crippen molar-refractivity contribution in [3.8, 4) is 28.8 Å². The number of H-pyrrole nitrogens is 1. The van der Waals surface area contributed by atoms with Gasteiger partial charge in [-0.15, -0.1) is 0 Å². The van der Waals surface area contributed by atoms with Gasteiger partial charge in [-0.2, -0.15) is 4.98 Å². The van der Waals surface area contributed by atoms with Gasteiger partial charge in [0, 0.05) is 18.6 Å². The van der Waals surface area contributed by atoms with Crippen molar-refractivity contribution in [3.63, 3.8) is 0 Å². The van der Waals surface area contributed by atoms with Crippen molar-refractivity contribution in [1.82, 2.24) is 19.5 Å². The monoisotopic (exact) mass is 532 g/mol. The van der Waals surface area contributed by atoms with E-state index in [1.54, 1.807) is 6.07 Å². The number of methoxy groups -OCH3 is 2. The average Bonchev–Trinajstić information content (AvgIpc) is 3.21. The number of imidazole rings is 1. The van der Waals surface area contributed by atoms with Crippen LogP contribution in [0.3, 0.4) is 0 Å². The van der Waals surface area contributed by atoms with Gasteiger partial charge >= 0.3 is 11.7 Å². The first kappa shape index (κ1) is 25.8. The Kier molecular flexibility index (Phi) is 7.48. The molecule has 2 aromatic heterocycles. The van der Waals surface area contributed by atoms with E-state index in [0.29, 0.717) is 12.2 Å². The van der Waals surface area contributed by atoms with Crippen molar-refractivity contribution in [2.75, 3.05) is 20.8 Å². The zero-order valence-corrected chi connectivity index (χ0v) is 20.8. The van der Waals surface area contributed by atoms with Crippen LogP contribution < -0.4 is 24.6 Å². The molecule has 13 heteroatoms. The number of carboxylic acid groups (broad SMARTS) is 1. The minimum absolute atomic E-state index is 0.00365. The lowest BCUT2D eigenvalue weighted by molar-refractivity contribution is -0.139. The summed E-state index contributed by atoms with van der Waals surface area (Å²) in [6.45, 7) is 0.867. The van der Waals surface area contributed by atoms with E-state index >= 15 is 0 Å². The summed E-state index contributed by atoms with van der Waals surface area (Å²) < 4.78 is 37.4. The van der Waals surface area contributed by atoms with Crippen LogP contribution in [0.15, 0.2) is 35.1 Å². The van der Waals surface area contributed by atoms with E-state index in [1.807, 2.05) is 6.92 Å². The van der Waals surface area contributed by atoms with Gasteiger partial charge in [-0.05, 0) is 12.1 Å². The predicted octanol–water partition coefficient (Wildman–Crippen LogP) is 3.52. The lowest BCUT2D eigenvalue weighted by Gasteiger charge is -2.16. The van der Waals surface area contributed by atoms with Gasteiger partial charge in [0.25, 0.3) is 0 Å². The molecule has 37 heavy (non-hydrogen) atoms. The Labute approximate surface area is 214 Å². The zero-order valence-electron chi connectivity index (χ0n) is 20.0. The number of aromatic nitrogens is 4. The summed E-state index contributed by atoms with van der Waals surface area (Å²) in [7, 11) is 2.81. The van der Waals surface area contributed by atoms with Crippen LogP contribution in [0.4, 0.5) is 4.39 Å². The highest BCUT2D eigenvalue weighted by Gasteiger charge is 2.22. The van der Waals surface area contributed by atoms with Crippen LogP contribution in [0.25, 0.3) is 16.9 Å². The van der Waals surface area contributed by atoms with Gasteiger partial charge in [-0.25, -0.2) is 23.5 Å². The average molecular weight is 533 g/mol. The third-order valence-corrected chi connectivity index (χ3v) is 5.64. The molecule has 2 N–H and O–H groups in total. The molecule has 0 saturated carbocycles. The van der Waals surface area contributed by atoms with Crippen LogP contribution in [0.2, 0.25) is 5.02 Å². The van der Waals surface area contributed by atoms with E-state index in [2.05, 4.69) is 15.0 Å². The molecule has 4 rings (SSSR count). The highest BCUT2D eigenvalue weighted by atomic mass is 35.5. The summed E-state index contributed by atoms with van der Waals surface area (Å²) in [6, 6.07) is 6.99. The van der Waals surface area contributed by atoms with Crippen LogP contribution in [0.1, 0.15) is 18.3 Å². The van der Waals surface area contributed by atoms with Gasteiger partial charge in [-0.1, -0.05) is 24.6 Å². The molecule has 0 aliphatic heterocycles. The fourth-order valence-electron chi connectivity index (χ4n) is 3.61. The van der Waals surface area contributed by atoms with Gasteiger partial charge < -0.3 is 24.1 Å². The number of ether oxygens (including phenoxy) is 4. The summed E-state index contributed by atoms with van der Waals surface area (Å²) in [5.41, 5.74) is 0.152. The van der Waals surface area contributed by atoms with Crippen molar-refractivity contribution in [2.24, 2.45) is 0 Å². The highest BCUT2D eigenvalue weighted by molar-refractivity contribution is 6.32. The van der Waals surface area contributed by atoms with Crippen molar-refractivity contribution >= 4 is 28.7 Å². The van der Waals surface area contributed by atoms with Gasteiger partial charge in [0.2, 0.25) is 5.88 Å².